The molecule has 0 atom stereocenters. The molecule has 3 N–H and O–H groups in total. The summed E-state index contributed by atoms with van der Waals surface area (Å²) in [6.07, 6.45) is 0. The molecule has 56 valence electrons. The smallest absolute Gasteiger partial charge is 0.293 e. The van der Waals surface area contributed by atoms with Gasteiger partial charge >= 0.3 is 0 Å². The molecular weight excluding hydrogens is 154 g/mol. The number of ether oxygens (including phenoxy) is 1. The van der Waals surface area contributed by atoms with Crippen LogP contribution in [0.25, 0.3) is 0 Å². The predicted molar refractivity (Wildman–Crippen MR) is 36.9 cm³/mol. The summed E-state index contributed by atoms with van der Waals surface area (Å²) in [6.45, 7) is 0.595. The van der Waals surface area contributed by atoms with E-state index in [9.17, 15) is 4.79 Å². The minimum atomic E-state index is 0.208. The van der Waals surface area contributed by atoms with Gasteiger partial charge in [-0.1, -0.05) is 0 Å². The van der Waals surface area contributed by atoms with Crippen LogP contribution in [0.5, 0.6) is 0 Å². The van der Waals surface area contributed by atoms with Gasteiger partial charge in [0.25, 0.3) is 6.47 Å². The van der Waals surface area contributed by atoms with E-state index in [1.807, 2.05) is 0 Å². The summed E-state index contributed by atoms with van der Waals surface area (Å²) in [5.74, 6) is 5.36. The van der Waals surface area contributed by atoms with Crippen LogP contribution in [0, 0.1) is 0 Å². The fraction of sp³-hybridized carbons (Fsp3) is 0.250. The molecule has 1 rings (SSSR count). The van der Waals surface area contributed by atoms with E-state index >= 15 is 0 Å². The summed E-state index contributed by atoms with van der Waals surface area (Å²) < 4.78 is 4.46. The number of hydrazine groups is 2. The highest BCUT2D eigenvalue weighted by atomic mass is 32.2. The first kappa shape index (κ1) is 7.39. The normalized spacial score (nSPS) is 16.9. The minimum Gasteiger partial charge on any atom is -0.461 e. The number of rotatable bonds is 3. The Kier molecular flexibility index (Phi) is 2.55. The van der Waals surface area contributed by atoms with Gasteiger partial charge in [0, 0.05) is 5.41 Å². The number of nitrogens with zero attached hydrogens (tertiary/aromatic N) is 1. The lowest BCUT2D eigenvalue weighted by atomic mass is 10.5. The Labute approximate surface area is 62.3 Å². The van der Waals surface area contributed by atoms with Gasteiger partial charge in [0.1, 0.15) is 6.61 Å². The van der Waals surface area contributed by atoms with E-state index in [4.69, 9.17) is 5.84 Å². The van der Waals surface area contributed by atoms with Gasteiger partial charge in [-0.15, -0.1) is 0 Å². The highest BCUT2D eigenvalue weighted by Gasteiger charge is 2.10. The quantitative estimate of drug-likeness (QED) is 0.325. The maximum atomic E-state index is 9.73. The van der Waals surface area contributed by atoms with Crippen LogP contribution < -0.4 is 10.7 Å². The molecule has 0 amide bonds. The van der Waals surface area contributed by atoms with Crippen molar-refractivity contribution in [1.29, 1.82) is 0 Å². The van der Waals surface area contributed by atoms with E-state index in [0.717, 1.165) is 5.70 Å². The van der Waals surface area contributed by atoms with E-state index in [1.54, 1.807) is 5.41 Å². The maximum Gasteiger partial charge on any atom is 0.293 e. The monoisotopic (exact) mass is 161 g/mol. The number of nitrogens with two attached hydrogens (primary N) is 1. The van der Waals surface area contributed by atoms with E-state index in [2.05, 4.69) is 9.57 Å². The first-order chi connectivity index (χ1) is 4.84. The highest BCUT2D eigenvalue weighted by molar-refractivity contribution is 8.00. The van der Waals surface area contributed by atoms with Crippen molar-refractivity contribution in [2.75, 3.05) is 6.61 Å². The Morgan fingerprint density at radius 3 is 3.30 bits per heavy atom. The average molecular weight is 161 g/mol. The first-order valence-electron chi connectivity index (χ1n) is 2.55. The topological polar surface area (TPSA) is 67.6 Å². The third-order valence-electron chi connectivity index (χ3n) is 0.955. The van der Waals surface area contributed by atoms with Crippen molar-refractivity contribution >= 4 is 18.4 Å². The third kappa shape index (κ3) is 1.63. The molecule has 0 bridgehead atoms. The molecule has 10 heavy (non-hydrogen) atoms. The molecular formula is C4H7N3O2S. The van der Waals surface area contributed by atoms with Crippen molar-refractivity contribution in [2.24, 2.45) is 5.84 Å². The molecule has 0 aliphatic carbocycles. The summed E-state index contributed by atoms with van der Waals surface area (Å²) in [5.41, 5.74) is 0.733. The lowest BCUT2D eigenvalue weighted by Crippen LogP contribution is -2.36. The lowest BCUT2D eigenvalue weighted by Gasteiger charge is -2.12. The third-order valence-corrected chi connectivity index (χ3v) is 1.65. The summed E-state index contributed by atoms with van der Waals surface area (Å²) in [5, 5.41) is 3.07. The highest BCUT2D eigenvalue weighted by Crippen LogP contribution is 2.13. The lowest BCUT2D eigenvalue weighted by molar-refractivity contribution is -0.128. The zero-order valence-electron chi connectivity index (χ0n) is 5.11. The Morgan fingerprint density at radius 2 is 2.80 bits per heavy atom. The van der Waals surface area contributed by atoms with E-state index in [1.165, 1.54) is 17.1 Å². The Balaban J connectivity index is 2.32. The number of nitrogens with one attached hydrogen (secondary N) is 1. The molecule has 0 spiro atoms. The molecule has 0 saturated carbocycles. The fourth-order valence-corrected chi connectivity index (χ4v) is 1.09. The van der Waals surface area contributed by atoms with Crippen LogP contribution in [0.4, 0.5) is 0 Å². The summed E-state index contributed by atoms with van der Waals surface area (Å²) in [7, 11) is 0. The number of hydrogen-bond acceptors (Lipinski definition) is 6. The second-order valence-electron chi connectivity index (χ2n) is 1.60. The van der Waals surface area contributed by atoms with Crippen molar-refractivity contribution in [3.8, 4) is 0 Å². The van der Waals surface area contributed by atoms with Crippen molar-refractivity contribution in [1.82, 2.24) is 9.95 Å². The van der Waals surface area contributed by atoms with Gasteiger partial charge < -0.3 is 4.74 Å². The molecule has 6 heteroatoms. The van der Waals surface area contributed by atoms with Gasteiger partial charge in [-0.25, -0.2) is 11.0 Å². The van der Waals surface area contributed by atoms with Gasteiger partial charge in [0.2, 0.25) is 0 Å². The predicted octanol–water partition coefficient (Wildman–Crippen LogP) is -0.657. The maximum absolute atomic E-state index is 9.73. The van der Waals surface area contributed by atoms with Crippen LogP contribution in [0.3, 0.4) is 0 Å². The molecule has 0 saturated heterocycles. The van der Waals surface area contributed by atoms with Gasteiger partial charge in [0.05, 0.1) is 5.70 Å². The SMILES string of the molecule is NN1NSC=C1COC=O. The van der Waals surface area contributed by atoms with Gasteiger partial charge in [-0.3, -0.25) is 4.79 Å². The molecule has 0 aromatic carbocycles. The van der Waals surface area contributed by atoms with Crippen molar-refractivity contribution in [2.45, 2.75) is 0 Å². The van der Waals surface area contributed by atoms with Gasteiger partial charge in [0.15, 0.2) is 0 Å². The number of carbonyl (C=O) groups excluding carboxylic acids is 1. The van der Waals surface area contributed by atoms with Crippen LogP contribution in [-0.2, 0) is 9.53 Å². The van der Waals surface area contributed by atoms with Crippen molar-refractivity contribution < 1.29 is 9.53 Å². The summed E-state index contributed by atoms with van der Waals surface area (Å²) >= 11 is 1.33. The number of hydrogen-bond donors (Lipinski definition) is 2. The standard InChI is InChI=1S/C4H7N3O2S/c5-7-4(1-9-3-8)2-10-6-7/h2-3,6H,1,5H2. The molecule has 5 nitrogen and oxygen atoms in total. The van der Waals surface area contributed by atoms with E-state index in [0.29, 0.717) is 6.47 Å². The van der Waals surface area contributed by atoms with Crippen LogP contribution in [-0.4, -0.2) is 18.2 Å². The average Bonchev–Trinajstić information content (AvgIpc) is 2.31. The van der Waals surface area contributed by atoms with Crippen LogP contribution >= 0.6 is 11.9 Å². The molecule has 0 unspecified atom stereocenters. The minimum absolute atomic E-state index is 0.208. The zero-order chi connectivity index (χ0) is 7.40. The first-order valence-corrected chi connectivity index (χ1v) is 3.43. The van der Waals surface area contributed by atoms with Crippen LogP contribution in [0.1, 0.15) is 0 Å². The molecule has 0 aromatic rings. The fourth-order valence-electron chi connectivity index (χ4n) is 0.490. The van der Waals surface area contributed by atoms with E-state index in [-0.39, 0.29) is 6.61 Å². The van der Waals surface area contributed by atoms with Crippen LogP contribution in [0.15, 0.2) is 11.1 Å². The Morgan fingerprint density at radius 1 is 2.00 bits per heavy atom. The van der Waals surface area contributed by atoms with Gasteiger partial charge in [-0.2, -0.15) is 4.83 Å². The number of carbonyl (C=O) groups is 1. The van der Waals surface area contributed by atoms with Crippen molar-refractivity contribution in [3.05, 3.63) is 11.1 Å². The summed E-state index contributed by atoms with van der Waals surface area (Å²) in [6, 6.07) is 0. The second kappa shape index (κ2) is 3.45. The van der Waals surface area contributed by atoms with Crippen molar-refractivity contribution in [3.63, 3.8) is 0 Å². The summed E-state index contributed by atoms with van der Waals surface area (Å²) in [4.78, 5) is 12.4. The molecule has 1 aliphatic heterocycles. The zero-order valence-corrected chi connectivity index (χ0v) is 5.93. The van der Waals surface area contributed by atoms with E-state index < -0.39 is 0 Å². The molecule has 0 radical (unpaired) electrons. The second-order valence-corrected chi connectivity index (χ2v) is 2.25. The molecule has 0 aromatic heterocycles. The Hall–Kier alpha value is -0.720. The Bertz CT molecular complexity index is 161. The molecule has 1 heterocycles. The van der Waals surface area contributed by atoms with Gasteiger partial charge in [-0.05, 0) is 11.9 Å². The van der Waals surface area contributed by atoms with Crippen LogP contribution in [0.2, 0.25) is 0 Å². The molecule has 1 aliphatic rings. The largest absolute Gasteiger partial charge is 0.461 e. The molecule has 0 fully saturated rings.